The first-order valence-electron chi connectivity index (χ1n) is 10.5. The lowest BCUT2D eigenvalue weighted by molar-refractivity contribution is 0.301. The molecule has 0 radical (unpaired) electrons. The van der Waals surface area contributed by atoms with Gasteiger partial charge >= 0.3 is 5.63 Å². The Bertz CT molecular complexity index is 1440. The standard InChI is InChI=1S/C26H21N3O4/c1-18-2-4-19(5-3-18)16-31-23-11-8-22(9-12-23)29-15-21(27-28-29)17-32-24-10-6-20-7-13-26(30)33-25(20)14-24/h2-15H,16-17H2,1H3. The van der Waals surface area contributed by atoms with Crippen LogP contribution in [0.25, 0.3) is 16.7 Å². The van der Waals surface area contributed by atoms with Gasteiger partial charge in [-0.3, -0.25) is 0 Å². The van der Waals surface area contributed by atoms with Crippen LogP contribution in [0.1, 0.15) is 16.8 Å². The van der Waals surface area contributed by atoms with E-state index in [2.05, 4.69) is 41.5 Å². The van der Waals surface area contributed by atoms with Crippen LogP contribution in [-0.2, 0) is 13.2 Å². The van der Waals surface area contributed by atoms with Gasteiger partial charge < -0.3 is 13.9 Å². The van der Waals surface area contributed by atoms with Crippen molar-refractivity contribution in [2.45, 2.75) is 20.1 Å². The predicted molar refractivity (Wildman–Crippen MR) is 124 cm³/mol. The molecule has 0 unspecified atom stereocenters. The summed E-state index contributed by atoms with van der Waals surface area (Å²) in [5, 5.41) is 9.18. The van der Waals surface area contributed by atoms with Gasteiger partial charge in [0, 0.05) is 17.5 Å². The third-order valence-electron chi connectivity index (χ3n) is 5.15. The molecule has 0 bridgehead atoms. The molecule has 164 valence electrons. The Kier molecular flexibility index (Phi) is 5.59. The number of benzene rings is 3. The van der Waals surface area contributed by atoms with Crippen molar-refractivity contribution in [1.82, 2.24) is 15.0 Å². The van der Waals surface area contributed by atoms with Gasteiger partial charge in [-0.1, -0.05) is 35.0 Å². The molecular formula is C26H21N3O4. The van der Waals surface area contributed by atoms with Gasteiger partial charge in [0.15, 0.2) is 0 Å². The third-order valence-corrected chi connectivity index (χ3v) is 5.15. The van der Waals surface area contributed by atoms with Crippen LogP contribution >= 0.6 is 0 Å². The van der Waals surface area contributed by atoms with Gasteiger partial charge in [-0.05, 0) is 55.0 Å². The molecule has 5 rings (SSSR count). The molecule has 0 amide bonds. The maximum atomic E-state index is 11.4. The van der Waals surface area contributed by atoms with Crippen molar-refractivity contribution in [2.24, 2.45) is 0 Å². The van der Waals surface area contributed by atoms with E-state index < -0.39 is 5.63 Å². The first-order chi connectivity index (χ1) is 16.1. The zero-order valence-electron chi connectivity index (χ0n) is 18.0. The molecule has 2 heterocycles. The minimum Gasteiger partial charge on any atom is -0.489 e. The van der Waals surface area contributed by atoms with E-state index in [-0.39, 0.29) is 6.61 Å². The molecule has 0 spiro atoms. The van der Waals surface area contributed by atoms with E-state index in [0.29, 0.717) is 23.6 Å². The van der Waals surface area contributed by atoms with Crippen LogP contribution in [0.5, 0.6) is 11.5 Å². The van der Waals surface area contributed by atoms with Gasteiger partial charge in [-0.15, -0.1) is 5.10 Å². The highest BCUT2D eigenvalue weighted by molar-refractivity contribution is 5.77. The summed E-state index contributed by atoms with van der Waals surface area (Å²) in [5.41, 5.74) is 3.97. The SMILES string of the molecule is Cc1ccc(COc2ccc(-n3cc(COc4ccc5ccc(=O)oc5c4)nn3)cc2)cc1. The highest BCUT2D eigenvalue weighted by atomic mass is 16.5. The van der Waals surface area contributed by atoms with Gasteiger partial charge in [-0.25, -0.2) is 9.48 Å². The number of aromatic nitrogens is 3. The molecule has 0 fully saturated rings. The van der Waals surface area contributed by atoms with Crippen LogP contribution in [-0.4, -0.2) is 15.0 Å². The number of fused-ring (bicyclic) bond motifs is 1. The van der Waals surface area contributed by atoms with Crippen molar-refractivity contribution in [2.75, 3.05) is 0 Å². The molecule has 0 aliphatic heterocycles. The average molecular weight is 439 g/mol. The highest BCUT2D eigenvalue weighted by Crippen LogP contribution is 2.21. The van der Waals surface area contributed by atoms with Crippen LogP contribution in [0.15, 0.2) is 94.3 Å². The van der Waals surface area contributed by atoms with Crippen molar-refractivity contribution in [1.29, 1.82) is 0 Å². The van der Waals surface area contributed by atoms with Crippen molar-refractivity contribution in [3.05, 3.63) is 112 Å². The van der Waals surface area contributed by atoms with Crippen molar-refractivity contribution >= 4 is 11.0 Å². The van der Waals surface area contributed by atoms with E-state index in [4.69, 9.17) is 13.9 Å². The molecule has 2 aromatic heterocycles. The largest absolute Gasteiger partial charge is 0.489 e. The summed E-state index contributed by atoms with van der Waals surface area (Å²) in [6.07, 6.45) is 1.81. The maximum absolute atomic E-state index is 11.4. The fourth-order valence-corrected chi connectivity index (χ4v) is 3.32. The maximum Gasteiger partial charge on any atom is 0.336 e. The number of hydrogen-bond acceptors (Lipinski definition) is 6. The van der Waals surface area contributed by atoms with Crippen LogP contribution in [0.4, 0.5) is 0 Å². The molecular weight excluding hydrogens is 418 g/mol. The fraction of sp³-hybridized carbons (Fsp3) is 0.115. The van der Waals surface area contributed by atoms with Gasteiger partial charge in [0.25, 0.3) is 0 Å². The lowest BCUT2D eigenvalue weighted by Crippen LogP contribution is -1.98. The fourth-order valence-electron chi connectivity index (χ4n) is 3.32. The summed E-state index contributed by atoms with van der Waals surface area (Å²) < 4.78 is 18.5. The molecule has 7 nitrogen and oxygen atoms in total. The Hall–Kier alpha value is -4.39. The summed E-state index contributed by atoms with van der Waals surface area (Å²) in [4.78, 5) is 11.4. The number of ether oxygens (including phenoxy) is 2. The molecule has 0 N–H and O–H groups in total. The topological polar surface area (TPSA) is 79.4 Å². The minimum atomic E-state index is -0.394. The summed E-state index contributed by atoms with van der Waals surface area (Å²) in [7, 11) is 0. The van der Waals surface area contributed by atoms with E-state index in [1.165, 1.54) is 11.6 Å². The summed E-state index contributed by atoms with van der Waals surface area (Å²) >= 11 is 0. The minimum absolute atomic E-state index is 0.236. The normalized spacial score (nSPS) is 10.9. The average Bonchev–Trinajstić information content (AvgIpc) is 3.31. The van der Waals surface area contributed by atoms with Gasteiger partial charge in [0.2, 0.25) is 0 Å². The monoisotopic (exact) mass is 439 g/mol. The van der Waals surface area contributed by atoms with E-state index in [1.54, 1.807) is 16.8 Å². The smallest absolute Gasteiger partial charge is 0.336 e. The van der Waals surface area contributed by atoms with Crippen molar-refractivity contribution in [3.8, 4) is 17.2 Å². The summed E-state index contributed by atoms with van der Waals surface area (Å²) in [5.74, 6) is 1.37. The van der Waals surface area contributed by atoms with Crippen LogP contribution in [0.3, 0.4) is 0 Å². The zero-order chi connectivity index (χ0) is 22.6. The molecule has 0 atom stereocenters. The van der Waals surface area contributed by atoms with Crippen LogP contribution in [0, 0.1) is 6.92 Å². The number of nitrogens with zero attached hydrogens (tertiary/aromatic N) is 3. The highest BCUT2D eigenvalue weighted by Gasteiger charge is 2.06. The third kappa shape index (κ3) is 4.93. The second kappa shape index (κ2) is 9.00. The first-order valence-corrected chi connectivity index (χ1v) is 10.5. The Balaban J connectivity index is 1.20. The molecule has 5 aromatic rings. The van der Waals surface area contributed by atoms with Crippen LogP contribution < -0.4 is 15.1 Å². The zero-order valence-corrected chi connectivity index (χ0v) is 18.0. The Labute approximate surface area is 189 Å². The van der Waals surface area contributed by atoms with Crippen molar-refractivity contribution in [3.63, 3.8) is 0 Å². The van der Waals surface area contributed by atoms with E-state index in [0.717, 1.165) is 22.4 Å². The summed E-state index contributed by atoms with van der Waals surface area (Å²) in [6, 6.07) is 24.4. The molecule has 0 aliphatic rings. The Morgan fingerprint density at radius 2 is 1.58 bits per heavy atom. The molecule has 7 heteroatoms. The Morgan fingerprint density at radius 3 is 2.39 bits per heavy atom. The number of hydrogen-bond donors (Lipinski definition) is 0. The van der Waals surface area contributed by atoms with E-state index >= 15 is 0 Å². The van der Waals surface area contributed by atoms with Crippen molar-refractivity contribution < 1.29 is 13.9 Å². The number of rotatable bonds is 7. The van der Waals surface area contributed by atoms with Gasteiger partial charge in [0.1, 0.15) is 36.0 Å². The first kappa shape index (κ1) is 20.5. The lowest BCUT2D eigenvalue weighted by Gasteiger charge is -2.07. The van der Waals surface area contributed by atoms with E-state index in [1.807, 2.05) is 42.6 Å². The molecule has 0 aliphatic carbocycles. The second-order valence-electron chi connectivity index (χ2n) is 7.67. The van der Waals surface area contributed by atoms with Gasteiger partial charge in [0.05, 0.1) is 11.9 Å². The quantitative estimate of drug-likeness (QED) is 0.338. The molecule has 0 saturated heterocycles. The molecule has 3 aromatic carbocycles. The Morgan fingerprint density at radius 1 is 0.848 bits per heavy atom. The summed E-state index contributed by atoms with van der Waals surface area (Å²) in [6.45, 7) is 2.82. The molecule has 33 heavy (non-hydrogen) atoms. The number of aryl methyl sites for hydroxylation is 1. The van der Waals surface area contributed by atoms with Crippen LogP contribution in [0.2, 0.25) is 0 Å². The molecule has 0 saturated carbocycles. The van der Waals surface area contributed by atoms with Gasteiger partial charge in [-0.2, -0.15) is 0 Å². The second-order valence-corrected chi connectivity index (χ2v) is 7.67. The lowest BCUT2D eigenvalue weighted by atomic mass is 10.2. The predicted octanol–water partition coefficient (Wildman–Crippen LogP) is 4.84. The van der Waals surface area contributed by atoms with E-state index in [9.17, 15) is 4.79 Å².